The van der Waals surface area contributed by atoms with E-state index >= 15 is 0 Å². The van der Waals surface area contributed by atoms with Crippen LogP contribution in [0.4, 0.5) is 0 Å². The van der Waals surface area contributed by atoms with Gasteiger partial charge in [-0.15, -0.1) is 0 Å². The highest BCUT2D eigenvalue weighted by Crippen LogP contribution is 2.25. The first-order valence-electron chi connectivity index (χ1n) is 9.50. The monoisotopic (exact) mass is 428 g/mol. The van der Waals surface area contributed by atoms with Gasteiger partial charge in [0.05, 0.1) is 18.7 Å². The molecule has 0 bridgehead atoms. The number of carbonyl (C=O) groups is 1. The molecule has 0 aromatic heterocycles. The Morgan fingerprint density at radius 2 is 1.80 bits per heavy atom. The molecule has 2 aromatic carbocycles. The van der Waals surface area contributed by atoms with Crippen LogP contribution in [0.5, 0.6) is 5.75 Å². The molecule has 30 heavy (non-hydrogen) atoms. The number of nitriles is 1. The van der Waals surface area contributed by atoms with Gasteiger partial charge in [0.1, 0.15) is 10.6 Å². The van der Waals surface area contributed by atoms with E-state index in [0.29, 0.717) is 37.3 Å². The normalized spacial score (nSPS) is 14.9. The first-order valence-corrected chi connectivity index (χ1v) is 11.0. The molecular weight excluding hydrogens is 404 g/mol. The van der Waals surface area contributed by atoms with Crippen molar-refractivity contribution in [3.8, 4) is 11.8 Å². The van der Waals surface area contributed by atoms with E-state index in [9.17, 15) is 13.2 Å². The predicted octanol–water partition coefficient (Wildman–Crippen LogP) is 1.43. The van der Waals surface area contributed by atoms with Crippen molar-refractivity contribution in [3.05, 3.63) is 59.2 Å². The molecule has 1 amide bonds. The van der Waals surface area contributed by atoms with E-state index in [0.717, 1.165) is 12.1 Å². The van der Waals surface area contributed by atoms with Gasteiger partial charge in [0, 0.05) is 38.3 Å². The number of carbonyl (C=O) groups excluding carboxylic acids is 1. The van der Waals surface area contributed by atoms with Crippen LogP contribution in [0.2, 0.25) is 0 Å². The number of nitrogens with one attached hydrogen (secondary N) is 1. The molecule has 8 nitrogen and oxygen atoms in total. The maximum absolute atomic E-state index is 12.9. The summed E-state index contributed by atoms with van der Waals surface area (Å²) >= 11 is 0. The van der Waals surface area contributed by atoms with Crippen LogP contribution in [-0.4, -0.2) is 64.5 Å². The highest BCUT2D eigenvalue weighted by atomic mass is 32.2. The maximum Gasteiger partial charge on any atom is 0.253 e. The molecule has 0 aliphatic carbocycles. The van der Waals surface area contributed by atoms with E-state index < -0.39 is 10.0 Å². The Morgan fingerprint density at radius 3 is 2.37 bits per heavy atom. The number of nitrogens with zero attached hydrogens (tertiary/aromatic N) is 3. The van der Waals surface area contributed by atoms with Gasteiger partial charge in [0.15, 0.2) is 0 Å². The van der Waals surface area contributed by atoms with E-state index in [2.05, 4.69) is 15.7 Å². The third-order valence-corrected chi connectivity index (χ3v) is 6.55. The second kappa shape index (κ2) is 9.26. The molecule has 0 unspecified atom stereocenters. The molecule has 9 heteroatoms. The van der Waals surface area contributed by atoms with Gasteiger partial charge in [-0.1, -0.05) is 12.1 Å². The molecule has 1 aliphatic rings. The first-order chi connectivity index (χ1) is 14.4. The minimum absolute atomic E-state index is 0.0576. The Morgan fingerprint density at radius 1 is 1.13 bits per heavy atom. The van der Waals surface area contributed by atoms with Crippen LogP contribution in [0, 0.1) is 11.3 Å². The van der Waals surface area contributed by atoms with Gasteiger partial charge >= 0.3 is 0 Å². The average Bonchev–Trinajstić information content (AvgIpc) is 2.79. The van der Waals surface area contributed by atoms with Gasteiger partial charge in [0.2, 0.25) is 10.0 Å². The first kappa shape index (κ1) is 21.8. The summed E-state index contributed by atoms with van der Waals surface area (Å²) in [5.74, 6) is -0.0173. The SMILES string of the molecule is CNS(=O)(=O)c1cc(C(=O)N2CCN(Cc3ccc(C#N)cc3)CC2)ccc1OC. The minimum atomic E-state index is -3.75. The fourth-order valence-corrected chi connectivity index (χ4v) is 4.28. The minimum Gasteiger partial charge on any atom is -0.495 e. The fraction of sp³-hybridized carbons (Fsp3) is 0.333. The van der Waals surface area contributed by atoms with Gasteiger partial charge in [-0.05, 0) is 42.9 Å². The molecule has 0 saturated carbocycles. The number of sulfonamides is 1. The molecule has 1 aliphatic heterocycles. The lowest BCUT2D eigenvalue weighted by atomic mass is 10.1. The zero-order valence-electron chi connectivity index (χ0n) is 17.0. The molecule has 1 heterocycles. The topological polar surface area (TPSA) is 103 Å². The maximum atomic E-state index is 12.9. The molecule has 2 aromatic rings. The van der Waals surface area contributed by atoms with Crippen molar-refractivity contribution in [2.24, 2.45) is 0 Å². The lowest BCUT2D eigenvalue weighted by Crippen LogP contribution is -2.48. The van der Waals surface area contributed by atoms with Crippen LogP contribution in [0.1, 0.15) is 21.5 Å². The Labute approximate surface area is 176 Å². The lowest BCUT2D eigenvalue weighted by molar-refractivity contribution is 0.0628. The largest absolute Gasteiger partial charge is 0.495 e. The van der Waals surface area contributed by atoms with Crippen molar-refractivity contribution in [1.29, 1.82) is 5.26 Å². The second-order valence-electron chi connectivity index (χ2n) is 6.95. The molecule has 0 spiro atoms. The molecule has 1 saturated heterocycles. The molecule has 0 atom stereocenters. The van der Waals surface area contributed by atoms with Crippen molar-refractivity contribution in [3.63, 3.8) is 0 Å². The van der Waals surface area contributed by atoms with Crippen molar-refractivity contribution < 1.29 is 17.9 Å². The smallest absolute Gasteiger partial charge is 0.253 e. The van der Waals surface area contributed by atoms with E-state index in [1.54, 1.807) is 23.1 Å². The molecule has 1 N–H and O–H groups in total. The average molecular weight is 429 g/mol. The number of rotatable bonds is 6. The van der Waals surface area contributed by atoms with Gasteiger partial charge in [-0.3, -0.25) is 9.69 Å². The van der Waals surface area contributed by atoms with Gasteiger partial charge in [0.25, 0.3) is 5.91 Å². The van der Waals surface area contributed by atoms with Crippen molar-refractivity contribution in [2.45, 2.75) is 11.4 Å². The van der Waals surface area contributed by atoms with Gasteiger partial charge in [-0.2, -0.15) is 5.26 Å². The summed E-state index contributed by atoms with van der Waals surface area (Å²) in [5.41, 5.74) is 2.06. The van der Waals surface area contributed by atoms with Crippen LogP contribution < -0.4 is 9.46 Å². The number of hydrogen-bond acceptors (Lipinski definition) is 6. The molecule has 3 rings (SSSR count). The standard InChI is InChI=1S/C21H24N4O4S/c1-23-30(27,28)20-13-18(7-8-19(20)29-2)21(26)25-11-9-24(10-12-25)15-17-5-3-16(14-22)4-6-17/h3-8,13,23H,9-12,15H2,1-2H3. The summed E-state index contributed by atoms with van der Waals surface area (Å²) in [6, 6.07) is 14.0. The summed E-state index contributed by atoms with van der Waals surface area (Å²) in [5, 5.41) is 8.89. The van der Waals surface area contributed by atoms with Crippen LogP contribution in [0.3, 0.4) is 0 Å². The Balaban J connectivity index is 1.66. The summed E-state index contributed by atoms with van der Waals surface area (Å²) in [6.45, 7) is 3.28. The van der Waals surface area contributed by atoms with E-state index in [1.165, 1.54) is 26.3 Å². The van der Waals surface area contributed by atoms with Gasteiger partial charge < -0.3 is 9.64 Å². The molecular formula is C21H24N4O4S. The van der Waals surface area contributed by atoms with Crippen LogP contribution in [0.15, 0.2) is 47.4 Å². The predicted molar refractivity (Wildman–Crippen MR) is 112 cm³/mol. The van der Waals surface area contributed by atoms with Crippen molar-refractivity contribution >= 4 is 15.9 Å². The molecule has 1 fully saturated rings. The number of piperazine rings is 1. The summed E-state index contributed by atoms with van der Waals surface area (Å²) in [7, 11) is -1.05. The Kier molecular flexibility index (Phi) is 6.72. The number of hydrogen-bond donors (Lipinski definition) is 1. The fourth-order valence-electron chi connectivity index (χ4n) is 3.36. The molecule has 0 radical (unpaired) electrons. The lowest BCUT2D eigenvalue weighted by Gasteiger charge is -2.35. The number of amides is 1. The zero-order valence-corrected chi connectivity index (χ0v) is 17.8. The third kappa shape index (κ3) is 4.79. The van der Waals surface area contributed by atoms with Gasteiger partial charge in [-0.25, -0.2) is 13.1 Å². The third-order valence-electron chi connectivity index (χ3n) is 5.12. The van der Waals surface area contributed by atoms with Crippen molar-refractivity contribution in [1.82, 2.24) is 14.5 Å². The van der Waals surface area contributed by atoms with E-state index in [-0.39, 0.29) is 16.6 Å². The summed E-state index contributed by atoms with van der Waals surface area (Å²) in [4.78, 5) is 16.8. The number of ether oxygens (including phenoxy) is 1. The highest BCUT2D eigenvalue weighted by Gasteiger charge is 2.25. The van der Waals surface area contributed by atoms with Crippen LogP contribution >= 0.6 is 0 Å². The highest BCUT2D eigenvalue weighted by molar-refractivity contribution is 7.89. The summed E-state index contributed by atoms with van der Waals surface area (Å²) in [6.07, 6.45) is 0. The van der Waals surface area contributed by atoms with E-state index in [1.807, 2.05) is 12.1 Å². The van der Waals surface area contributed by atoms with Crippen molar-refractivity contribution in [2.75, 3.05) is 40.3 Å². The Hall–Kier alpha value is -2.93. The van der Waals surface area contributed by atoms with E-state index in [4.69, 9.17) is 10.00 Å². The Bertz CT molecular complexity index is 1050. The van der Waals surface area contributed by atoms with Crippen LogP contribution in [0.25, 0.3) is 0 Å². The quantitative estimate of drug-likeness (QED) is 0.747. The number of methoxy groups -OCH3 is 1. The summed E-state index contributed by atoms with van der Waals surface area (Å²) < 4.78 is 31.9. The second-order valence-corrected chi connectivity index (χ2v) is 8.81. The molecule has 158 valence electrons. The van der Waals surface area contributed by atoms with Crippen LogP contribution in [-0.2, 0) is 16.6 Å². The zero-order chi connectivity index (χ0) is 21.7. The number of benzene rings is 2.